The van der Waals surface area contributed by atoms with Crippen molar-refractivity contribution in [1.29, 1.82) is 0 Å². The minimum Gasteiger partial charge on any atom is -0.480 e. The number of halogens is 1. The van der Waals surface area contributed by atoms with Gasteiger partial charge < -0.3 is 14.9 Å². The van der Waals surface area contributed by atoms with Crippen molar-refractivity contribution in [2.24, 2.45) is 0 Å². The quantitative estimate of drug-likeness (QED) is 0.933. The number of likely N-dealkylation sites (tertiary alicyclic amines) is 1. The molecule has 1 aromatic rings. The number of amides is 2. The number of carbonyl (C=O) groups excluding carboxylic acids is 1. The number of urea groups is 1. The lowest BCUT2D eigenvalue weighted by Gasteiger charge is -2.31. The fourth-order valence-electron chi connectivity index (χ4n) is 2.61. The Balaban J connectivity index is 2.13. The van der Waals surface area contributed by atoms with E-state index in [1.165, 1.54) is 4.90 Å². The third kappa shape index (κ3) is 3.29. The fourth-order valence-corrected chi connectivity index (χ4v) is 2.81. The molecule has 2 amide bonds. The van der Waals surface area contributed by atoms with E-state index in [9.17, 15) is 14.7 Å². The van der Waals surface area contributed by atoms with Crippen LogP contribution in [0.3, 0.4) is 0 Å². The Labute approximate surface area is 129 Å². The van der Waals surface area contributed by atoms with Crippen molar-refractivity contribution >= 4 is 23.6 Å². The fraction of sp³-hybridized carbons (Fsp3) is 0.467. The lowest BCUT2D eigenvalue weighted by Crippen LogP contribution is -2.47. The largest absolute Gasteiger partial charge is 0.480 e. The number of carboxylic acid groups (broad SMARTS) is 1. The van der Waals surface area contributed by atoms with Crippen LogP contribution in [0.25, 0.3) is 0 Å². The van der Waals surface area contributed by atoms with E-state index >= 15 is 0 Å². The normalized spacial score (nSPS) is 19.4. The van der Waals surface area contributed by atoms with Crippen LogP contribution in [0.1, 0.15) is 31.4 Å². The summed E-state index contributed by atoms with van der Waals surface area (Å²) >= 11 is 5.97. The molecule has 21 heavy (non-hydrogen) atoms. The Bertz CT molecular complexity index is 549. The molecule has 1 aromatic carbocycles. The summed E-state index contributed by atoms with van der Waals surface area (Å²) in [5.41, 5.74) is 0.921. The number of carbonyl (C=O) groups is 2. The molecule has 1 N–H and O–H groups in total. The summed E-state index contributed by atoms with van der Waals surface area (Å²) in [5, 5.41) is 9.79. The van der Waals surface area contributed by atoms with E-state index < -0.39 is 12.0 Å². The standard InChI is InChI=1S/C15H19ClN2O3/c1-10(11-5-3-6-12(16)9-11)17(2)15(21)18-8-4-7-13(18)14(19)20/h3,5-6,9-10,13H,4,7-8H2,1-2H3,(H,19,20)/t10?,13-/m0/s1. The molecule has 1 aliphatic rings. The van der Waals surface area contributed by atoms with Gasteiger partial charge in [0.05, 0.1) is 6.04 Å². The first-order chi connectivity index (χ1) is 9.91. The second-order valence-electron chi connectivity index (χ2n) is 5.31. The molecule has 0 radical (unpaired) electrons. The number of hydrogen-bond acceptors (Lipinski definition) is 2. The Morgan fingerprint density at radius 1 is 1.48 bits per heavy atom. The van der Waals surface area contributed by atoms with Crippen LogP contribution in [0.5, 0.6) is 0 Å². The van der Waals surface area contributed by atoms with Gasteiger partial charge in [-0.1, -0.05) is 23.7 Å². The number of nitrogens with zero attached hydrogens (tertiary/aromatic N) is 2. The van der Waals surface area contributed by atoms with Crippen LogP contribution < -0.4 is 0 Å². The predicted molar refractivity (Wildman–Crippen MR) is 80.4 cm³/mol. The van der Waals surface area contributed by atoms with Crippen LogP contribution in [0.15, 0.2) is 24.3 Å². The zero-order valence-corrected chi connectivity index (χ0v) is 12.9. The SMILES string of the molecule is CC(c1cccc(Cl)c1)N(C)C(=O)N1CCC[C@H]1C(=O)O. The smallest absolute Gasteiger partial charge is 0.326 e. The number of carboxylic acids is 1. The van der Waals surface area contributed by atoms with Gasteiger partial charge in [0.15, 0.2) is 0 Å². The van der Waals surface area contributed by atoms with Crippen molar-refractivity contribution in [2.75, 3.05) is 13.6 Å². The highest BCUT2D eigenvalue weighted by Crippen LogP contribution is 2.25. The van der Waals surface area contributed by atoms with E-state index in [-0.39, 0.29) is 12.1 Å². The molecule has 1 heterocycles. The molecular weight excluding hydrogens is 292 g/mol. The van der Waals surface area contributed by atoms with Gasteiger partial charge in [0.1, 0.15) is 6.04 Å². The van der Waals surface area contributed by atoms with Gasteiger partial charge in [0.25, 0.3) is 0 Å². The van der Waals surface area contributed by atoms with Gasteiger partial charge in [0.2, 0.25) is 0 Å². The van der Waals surface area contributed by atoms with E-state index in [1.54, 1.807) is 18.0 Å². The van der Waals surface area contributed by atoms with Crippen LogP contribution in [0.2, 0.25) is 5.02 Å². The molecule has 0 bridgehead atoms. The minimum atomic E-state index is -0.940. The van der Waals surface area contributed by atoms with Crippen molar-refractivity contribution in [1.82, 2.24) is 9.80 Å². The summed E-state index contributed by atoms with van der Waals surface area (Å²) in [7, 11) is 1.69. The molecule has 1 saturated heterocycles. The van der Waals surface area contributed by atoms with Crippen molar-refractivity contribution in [3.63, 3.8) is 0 Å². The molecule has 0 aromatic heterocycles. The lowest BCUT2D eigenvalue weighted by molar-refractivity contribution is -0.141. The van der Waals surface area contributed by atoms with Gasteiger partial charge in [-0.25, -0.2) is 9.59 Å². The summed E-state index contributed by atoms with van der Waals surface area (Å²) in [6, 6.07) is 6.18. The van der Waals surface area contributed by atoms with E-state index in [1.807, 2.05) is 25.1 Å². The third-order valence-corrected chi connectivity index (χ3v) is 4.23. The van der Waals surface area contributed by atoms with Gasteiger partial charge in [-0.15, -0.1) is 0 Å². The highest BCUT2D eigenvalue weighted by molar-refractivity contribution is 6.30. The van der Waals surface area contributed by atoms with Crippen LogP contribution in [-0.4, -0.2) is 46.5 Å². The molecule has 5 nitrogen and oxygen atoms in total. The van der Waals surface area contributed by atoms with Crippen LogP contribution in [0, 0.1) is 0 Å². The predicted octanol–water partition coefficient (Wildman–Crippen LogP) is 3.00. The number of hydrogen-bond donors (Lipinski definition) is 1. The Morgan fingerprint density at radius 2 is 2.19 bits per heavy atom. The Morgan fingerprint density at radius 3 is 2.81 bits per heavy atom. The first-order valence-electron chi connectivity index (χ1n) is 6.93. The number of benzene rings is 1. The van der Waals surface area contributed by atoms with Crippen LogP contribution >= 0.6 is 11.6 Å². The highest BCUT2D eigenvalue weighted by Gasteiger charge is 2.36. The van der Waals surface area contributed by atoms with Crippen LogP contribution in [-0.2, 0) is 4.79 Å². The third-order valence-electron chi connectivity index (χ3n) is 4.00. The average molecular weight is 311 g/mol. The summed E-state index contributed by atoms with van der Waals surface area (Å²) in [5.74, 6) is -0.940. The number of rotatable bonds is 3. The summed E-state index contributed by atoms with van der Waals surface area (Å²) in [6.07, 6.45) is 1.24. The Kier molecular flexibility index (Phi) is 4.73. The van der Waals surface area contributed by atoms with Gasteiger partial charge in [-0.2, -0.15) is 0 Å². The molecule has 0 saturated carbocycles. The molecule has 1 unspecified atom stereocenters. The van der Waals surface area contributed by atoms with Crippen molar-refractivity contribution in [3.8, 4) is 0 Å². The Hall–Kier alpha value is -1.75. The van der Waals surface area contributed by atoms with Crippen molar-refractivity contribution in [2.45, 2.75) is 31.8 Å². The van der Waals surface area contributed by atoms with Crippen molar-refractivity contribution in [3.05, 3.63) is 34.9 Å². The molecule has 2 rings (SSSR count). The maximum Gasteiger partial charge on any atom is 0.326 e. The van der Waals surface area contributed by atoms with Gasteiger partial charge in [-0.3, -0.25) is 0 Å². The van der Waals surface area contributed by atoms with Gasteiger partial charge in [-0.05, 0) is 37.5 Å². The first kappa shape index (κ1) is 15.6. The zero-order chi connectivity index (χ0) is 15.6. The van der Waals surface area contributed by atoms with E-state index in [0.29, 0.717) is 18.0 Å². The molecule has 6 heteroatoms. The molecule has 0 aliphatic carbocycles. The molecular formula is C15H19ClN2O3. The monoisotopic (exact) mass is 310 g/mol. The molecule has 0 spiro atoms. The number of aliphatic carboxylic acids is 1. The van der Waals surface area contributed by atoms with E-state index in [2.05, 4.69) is 0 Å². The van der Waals surface area contributed by atoms with Gasteiger partial charge in [0, 0.05) is 18.6 Å². The van der Waals surface area contributed by atoms with Crippen molar-refractivity contribution < 1.29 is 14.7 Å². The zero-order valence-electron chi connectivity index (χ0n) is 12.1. The minimum absolute atomic E-state index is 0.175. The molecule has 114 valence electrons. The topological polar surface area (TPSA) is 60.9 Å². The molecule has 1 aliphatic heterocycles. The lowest BCUT2D eigenvalue weighted by atomic mass is 10.1. The maximum absolute atomic E-state index is 12.5. The molecule has 1 fully saturated rings. The van der Waals surface area contributed by atoms with E-state index in [4.69, 9.17) is 11.6 Å². The summed E-state index contributed by atoms with van der Waals surface area (Å²) < 4.78 is 0. The second kappa shape index (κ2) is 6.35. The highest BCUT2D eigenvalue weighted by atomic mass is 35.5. The molecule has 2 atom stereocenters. The average Bonchev–Trinajstić information content (AvgIpc) is 2.94. The summed E-state index contributed by atoms with van der Waals surface area (Å²) in [4.78, 5) is 26.7. The second-order valence-corrected chi connectivity index (χ2v) is 5.75. The van der Waals surface area contributed by atoms with E-state index in [0.717, 1.165) is 12.0 Å². The maximum atomic E-state index is 12.5. The first-order valence-corrected chi connectivity index (χ1v) is 7.31. The van der Waals surface area contributed by atoms with Gasteiger partial charge >= 0.3 is 12.0 Å². The van der Waals surface area contributed by atoms with Crippen LogP contribution in [0.4, 0.5) is 4.79 Å². The summed E-state index contributed by atoms with van der Waals surface area (Å²) in [6.45, 7) is 2.39.